The van der Waals surface area contributed by atoms with Crippen LogP contribution < -0.4 is 5.73 Å². The van der Waals surface area contributed by atoms with E-state index in [1.165, 1.54) is 44.1 Å². The lowest BCUT2D eigenvalue weighted by Crippen LogP contribution is -2.17. The second kappa shape index (κ2) is 5.38. The molecule has 16 heavy (non-hydrogen) atoms. The Hall–Kier alpha value is -0.980. The van der Waals surface area contributed by atoms with E-state index in [1.807, 2.05) is 12.1 Å². The molecule has 0 bridgehead atoms. The van der Waals surface area contributed by atoms with E-state index in [9.17, 15) is 0 Å². The number of anilines is 1. The second-order valence-corrected chi connectivity index (χ2v) is 5.32. The summed E-state index contributed by atoms with van der Waals surface area (Å²) in [5.41, 5.74) is 8.01. The van der Waals surface area contributed by atoms with Crippen molar-refractivity contribution in [1.29, 1.82) is 0 Å². The number of benzene rings is 1. The number of hydrogen-bond acceptors (Lipinski definition) is 1. The molecule has 1 aliphatic rings. The van der Waals surface area contributed by atoms with Crippen molar-refractivity contribution in [3.8, 4) is 0 Å². The minimum absolute atomic E-state index is 0.823. The van der Waals surface area contributed by atoms with Gasteiger partial charge < -0.3 is 5.73 Å². The number of rotatable bonds is 3. The summed E-state index contributed by atoms with van der Waals surface area (Å²) in [6.45, 7) is 2.41. The van der Waals surface area contributed by atoms with Gasteiger partial charge in [0, 0.05) is 5.69 Å². The lowest BCUT2D eigenvalue weighted by Gasteiger charge is -2.27. The maximum absolute atomic E-state index is 5.70. The molecule has 1 aromatic carbocycles. The molecule has 1 heteroatoms. The third-order valence-electron chi connectivity index (χ3n) is 3.99. The summed E-state index contributed by atoms with van der Waals surface area (Å²) in [7, 11) is 0. The fourth-order valence-corrected chi connectivity index (χ4v) is 2.90. The Balaban J connectivity index is 1.90. The van der Waals surface area contributed by atoms with Gasteiger partial charge in [-0.05, 0) is 36.0 Å². The molecule has 0 aliphatic heterocycles. The van der Waals surface area contributed by atoms with E-state index in [2.05, 4.69) is 19.1 Å². The van der Waals surface area contributed by atoms with Crippen LogP contribution in [0.5, 0.6) is 0 Å². The van der Waals surface area contributed by atoms with Crippen LogP contribution in [0.4, 0.5) is 5.69 Å². The number of nitrogen functional groups attached to an aromatic ring is 1. The van der Waals surface area contributed by atoms with Crippen LogP contribution >= 0.6 is 0 Å². The summed E-state index contributed by atoms with van der Waals surface area (Å²) < 4.78 is 0. The van der Waals surface area contributed by atoms with Gasteiger partial charge in [0.15, 0.2) is 0 Å². The zero-order chi connectivity index (χ0) is 11.4. The first-order chi connectivity index (χ1) is 7.75. The molecule has 1 unspecified atom stereocenters. The molecule has 0 radical (unpaired) electrons. The predicted octanol–water partition coefficient (Wildman–Crippen LogP) is 4.03. The zero-order valence-corrected chi connectivity index (χ0v) is 10.3. The Morgan fingerprint density at radius 1 is 1.12 bits per heavy atom. The van der Waals surface area contributed by atoms with Crippen molar-refractivity contribution in [3.63, 3.8) is 0 Å². The Morgan fingerprint density at radius 3 is 2.38 bits per heavy atom. The van der Waals surface area contributed by atoms with Gasteiger partial charge in [0.2, 0.25) is 0 Å². The Bertz CT molecular complexity index is 309. The third kappa shape index (κ3) is 3.01. The van der Waals surface area contributed by atoms with E-state index in [0.717, 1.165) is 17.5 Å². The van der Waals surface area contributed by atoms with Crippen molar-refractivity contribution < 1.29 is 0 Å². The third-order valence-corrected chi connectivity index (χ3v) is 3.99. The number of nitrogens with two attached hydrogens (primary N) is 1. The van der Waals surface area contributed by atoms with Crippen molar-refractivity contribution in [2.45, 2.75) is 45.4 Å². The SMILES string of the molecule is CC(Cc1ccc(N)cc1)C1CCCCC1. The zero-order valence-electron chi connectivity index (χ0n) is 10.3. The second-order valence-electron chi connectivity index (χ2n) is 5.32. The van der Waals surface area contributed by atoms with Crippen LogP contribution in [0.2, 0.25) is 0 Å². The molecule has 1 saturated carbocycles. The average Bonchev–Trinajstić information content (AvgIpc) is 2.33. The molecule has 1 aromatic rings. The first kappa shape index (κ1) is 11.5. The summed E-state index contributed by atoms with van der Waals surface area (Å²) in [6, 6.07) is 8.38. The summed E-state index contributed by atoms with van der Waals surface area (Å²) in [4.78, 5) is 0. The molecule has 0 aromatic heterocycles. The van der Waals surface area contributed by atoms with Crippen molar-refractivity contribution in [2.75, 3.05) is 5.73 Å². The molecule has 0 saturated heterocycles. The molecular weight excluding hydrogens is 194 g/mol. The molecule has 2 rings (SSSR count). The van der Waals surface area contributed by atoms with Gasteiger partial charge in [-0.15, -0.1) is 0 Å². The van der Waals surface area contributed by atoms with E-state index in [0.29, 0.717) is 0 Å². The smallest absolute Gasteiger partial charge is 0.0314 e. The van der Waals surface area contributed by atoms with Crippen molar-refractivity contribution in [3.05, 3.63) is 29.8 Å². The van der Waals surface area contributed by atoms with Gasteiger partial charge in [-0.3, -0.25) is 0 Å². The molecule has 0 amide bonds. The summed E-state index contributed by atoms with van der Waals surface area (Å²) in [5.74, 6) is 1.77. The highest BCUT2D eigenvalue weighted by Crippen LogP contribution is 2.31. The monoisotopic (exact) mass is 217 g/mol. The van der Waals surface area contributed by atoms with E-state index < -0.39 is 0 Å². The van der Waals surface area contributed by atoms with Gasteiger partial charge in [0.25, 0.3) is 0 Å². The topological polar surface area (TPSA) is 26.0 Å². The molecule has 1 atom stereocenters. The molecule has 88 valence electrons. The van der Waals surface area contributed by atoms with Crippen molar-refractivity contribution >= 4 is 5.69 Å². The minimum Gasteiger partial charge on any atom is -0.399 e. The molecule has 0 spiro atoms. The minimum atomic E-state index is 0.823. The Labute approximate surface area is 99.0 Å². The summed E-state index contributed by atoms with van der Waals surface area (Å²) in [5, 5.41) is 0. The number of hydrogen-bond donors (Lipinski definition) is 1. The van der Waals surface area contributed by atoms with Crippen molar-refractivity contribution in [1.82, 2.24) is 0 Å². The summed E-state index contributed by atoms with van der Waals surface area (Å²) >= 11 is 0. The van der Waals surface area contributed by atoms with Gasteiger partial charge in [-0.25, -0.2) is 0 Å². The lowest BCUT2D eigenvalue weighted by molar-refractivity contribution is 0.262. The van der Waals surface area contributed by atoms with E-state index in [-0.39, 0.29) is 0 Å². The first-order valence-corrected chi connectivity index (χ1v) is 6.60. The highest BCUT2D eigenvalue weighted by atomic mass is 14.5. The van der Waals surface area contributed by atoms with Crippen LogP contribution in [0, 0.1) is 11.8 Å². The molecule has 1 nitrogen and oxygen atoms in total. The van der Waals surface area contributed by atoms with Crippen LogP contribution in [0.1, 0.15) is 44.6 Å². The Morgan fingerprint density at radius 2 is 1.75 bits per heavy atom. The van der Waals surface area contributed by atoms with E-state index in [4.69, 9.17) is 5.73 Å². The highest BCUT2D eigenvalue weighted by molar-refractivity contribution is 5.39. The van der Waals surface area contributed by atoms with Gasteiger partial charge in [-0.1, -0.05) is 51.2 Å². The standard InChI is InChI=1S/C15H23N/c1-12(14-5-3-2-4-6-14)11-13-7-9-15(16)10-8-13/h7-10,12,14H,2-6,11,16H2,1H3. The van der Waals surface area contributed by atoms with E-state index >= 15 is 0 Å². The van der Waals surface area contributed by atoms with E-state index in [1.54, 1.807) is 0 Å². The molecular formula is C15H23N. The van der Waals surface area contributed by atoms with Gasteiger partial charge >= 0.3 is 0 Å². The van der Waals surface area contributed by atoms with Crippen LogP contribution in [0.3, 0.4) is 0 Å². The van der Waals surface area contributed by atoms with Crippen LogP contribution in [0.15, 0.2) is 24.3 Å². The quantitative estimate of drug-likeness (QED) is 0.760. The van der Waals surface area contributed by atoms with Crippen molar-refractivity contribution in [2.24, 2.45) is 11.8 Å². The fraction of sp³-hybridized carbons (Fsp3) is 0.600. The van der Waals surface area contributed by atoms with Gasteiger partial charge in [-0.2, -0.15) is 0 Å². The molecule has 1 aliphatic carbocycles. The summed E-state index contributed by atoms with van der Waals surface area (Å²) in [6.07, 6.45) is 8.43. The maximum Gasteiger partial charge on any atom is 0.0314 e. The first-order valence-electron chi connectivity index (χ1n) is 6.60. The van der Waals surface area contributed by atoms with Gasteiger partial charge in [0.05, 0.1) is 0 Å². The average molecular weight is 217 g/mol. The highest BCUT2D eigenvalue weighted by Gasteiger charge is 2.19. The van der Waals surface area contributed by atoms with Crippen LogP contribution in [-0.4, -0.2) is 0 Å². The normalized spacial score (nSPS) is 19.6. The molecule has 2 N–H and O–H groups in total. The van der Waals surface area contributed by atoms with Gasteiger partial charge in [0.1, 0.15) is 0 Å². The largest absolute Gasteiger partial charge is 0.399 e. The molecule has 0 heterocycles. The van der Waals surface area contributed by atoms with Crippen LogP contribution in [0.25, 0.3) is 0 Å². The fourth-order valence-electron chi connectivity index (χ4n) is 2.90. The Kier molecular flexibility index (Phi) is 3.87. The predicted molar refractivity (Wildman–Crippen MR) is 70.3 cm³/mol. The maximum atomic E-state index is 5.70. The van der Waals surface area contributed by atoms with Crippen LogP contribution in [-0.2, 0) is 6.42 Å². The molecule has 1 fully saturated rings. The lowest BCUT2D eigenvalue weighted by atomic mass is 9.78.